The van der Waals surface area contributed by atoms with E-state index >= 15 is 0 Å². The standard InChI is InChI=1S/C29H33ClN2O3/c1-3-4-17-31-29(34)27(18-23-12-6-5-7-13-23)32(20-24-14-9-8-11-22(24)2)28(33)21-35-26-16-10-15-25(30)19-26/h5-16,19,27H,3-4,17-18,20-21H2,1-2H3,(H,31,34)/t27-/m0/s1. The lowest BCUT2D eigenvalue weighted by Gasteiger charge is -2.32. The van der Waals surface area contributed by atoms with Crippen LogP contribution in [0, 0.1) is 6.92 Å². The minimum absolute atomic E-state index is 0.160. The van der Waals surface area contributed by atoms with E-state index in [0.717, 1.165) is 29.5 Å². The second-order valence-corrected chi connectivity index (χ2v) is 8.98. The van der Waals surface area contributed by atoms with Crippen LogP contribution in [0.4, 0.5) is 0 Å². The number of unbranched alkanes of at least 4 members (excludes halogenated alkanes) is 1. The van der Waals surface area contributed by atoms with E-state index in [4.69, 9.17) is 16.3 Å². The Morgan fingerprint density at radius 1 is 1.00 bits per heavy atom. The van der Waals surface area contributed by atoms with Gasteiger partial charge in [0, 0.05) is 24.5 Å². The van der Waals surface area contributed by atoms with Crippen LogP contribution < -0.4 is 10.1 Å². The van der Waals surface area contributed by atoms with Crippen molar-refractivity contribution in [2.75, 3.05) is 13.2 Å². The second kappa shape index (κ2) is 13.5. The molecule has 0 saturated heterocycles. The molecule has 0 fully saturated rings. The molecule has 35 heavy (non-hydrogen) atoms. The lowest BCUT2D eigenvalue weighted by Crippen LogP contribution is -2.52. The summed E-state index contributed by atoms with van der Waals surface area (Å²) in [6.45, 7) is 4.78. The van der Waals surface area contributed by atoms with Crippen LogP contribution >= 0.6 is 11.6 Å². The number of nitrogens with one attached hydrogen (secondary N) is 1. The molecular weight excluding hydrogens is 460 g/mol. The van der Waals surface area contributed by atoms with Gasteiger partial charge in [-0.05, 0) is 48.2 Å². The maximum Gasteiger partial charge on any atom is 0.261 e. The van der Waals surface area contributed by atoms with Gasteiger partial charge in [-0.1, -0.05) is 85.6 Å². The zero-order valence-electron chi connectivity index (χ0n) is 20.4. The SMILES string of the molecule is CCCCNC(=O)[C@H](Cc1ccccc1)N(Cc1ccccc1C)C(=O)COc1cccc(Cl)c1. The summed E-state index contributed by atoms with van der Waals surface area (Å²) in [6, 6.07) is 23.9. The number of halogens is 1. The van der Waals surface area contributed by atoms with E-state index in [2.05, 4.69) is 12.2 Å². The average molecular weight is 493 g/mol. The van der Waals surface area contributed by atoms with Gasteiger partial charge in [-0.15, -0.1) is 0 Å². The van der Waals surface area contributed by atoms with E-state index in [1.165, 1.54) is 0 Å². The predicted molar refractivity (Wildman–Crippen MR) is 141 cm³/mol. The number of carbonyl (C=O) groups is 2. The van der Waals surface area contributed by atoms with Crippen molar-refractivity contribution >= 4 is 23.4 Å². The molecule has 5 nitrogen and oxygen atoms in total. The number of rotatable bonds is 12. The maximum atomic E-state index is 13.6. The van der Waals surface area contributed by atoms with Gasteiger partial charge in [0.05, 0.1) is 0 Å². The maximum absolute atomic E-state index is 13.6. The summed E-state index contributed by atoms with van der Waals surface area (Å²) >= 11 is 6.06. The molecule has 6 heteroatoms. The fourth-order valence-electron chi connectivity index (χ4n) is 3.82. The Morgan fingerprint density at radius 3 is 2.46 bits per heavy atom. The molecule has 3 rings (SSSR count). The fraction of sp³-hybridized carbons (Fsp3) is 0.310. The Kier molecular flexibility index (Phi) is 10.2. The van der Waals surface area contributed by atoms with Crippen molar-refractivity contribution in [3.63, 3.8) is 0 Å². The van der Waals surface area contributed by atoms with Crippen molar-refractivity contribution in [2.45, 2.75) is 45.7 Å². The lowest BCUT2D eigenvalue weighted by molar-refractivity contribution is -0.142. The molecule has 3 aromatic rings. The van der Waals surface area contributed by atoms with E-state index in [9.17, 15) is 9.59 Å². The van der Waals surface area contributed by atoms with Crippen LogP contribution in [0.25, 0.3) is 0 Å². The minimum Gasteiger partial charge on any atom is -0.484 e. The molecule has 184 valence electrons. The zero-order chi connectivity index (χ0) is 25.0. The number of aryl methyl sites for hydroxylation is 1. The van der Waals surface area contributed by atoms with Crippen molar-refractivity contribution in [2.24, 2.45) is 0 Å². The summed E-state index contributed by atoms with van der Waals surface area (Å²) in [5.41, 5.74) is 3.04. The molecule has 2 amide bonds. The number of benzene rings is 3. The number of hydrogen-bond donors (Lipinski definition) is 1. The van der Waals surface area contributed by atoms with Crippen LogP contribution in [0.1, 0.15) is 36.5 Å². The van der Waals surface area contributed by atoms with Crippen LogP contribution in [0.5, 0.6) is 5.75 Å². The summed E-state index contributed by atoms with van der Waals surface area (Å²) in [6.07, 6.45) is 2.27. The topological polar surface area (TPSA) is 58.6 Å². The molecule has 0 saturated carbocycles. The first-order chi connectivity index (χ1) is 17.0. The van der Waals surface area contributed by atoms with Gasteiger partial charge in [-0.2, -0.15) is 0 Å². The molecule has 0 bridgehead atoms. The van der Waals surface area contributed by atoms with Crippen molar-refractivity contribution in [3.8, 4) is 5.75 Å². The molecule has 0 radical (unpaired) electrons. The number of ether oxygens (including phenoxy) is 1. The van der Waals surface area contributed by atoms with E-state index in [1.54, 1.807) is 29.2 Å². The Morgan fingerprint density at radius 2 is 1.74 bits per heavy atom. The second-order valence-electron chi connectivity index (χ2n) is 8.54. The smallest absolute Gasteiger partial charge is 0.261 e. The molecule has 0 aliphatic heterocycles. The summed E-state index contributed by atoms with van der Waals surface area (Å²) in [5, 5.41) is 3.56. The number of hydrogen-bond acceptors (Lipinski definition) is 3. The van der Waals surface area contributed by atoms with Crippen LogP contribution in [0.2, 0.25) is 5.02 Å². The lowest BCUT2D eigenvalue weighted by atomic mass is 10.0. The summed E-state index contributed by atoms with van der Waals surface area (Å²) in [4.78, 5) is 28.6. The molecule has 3 aromatic carbocycles. The average Bonchev–Trinajstić information content (AvgIpc) is 2.86. The number of carbonyl (C=O) groups excluding carboxylic acids is 2. The Bertz CT molecular complexity index is 1100. The van der Waals surface area contributed by atoms with Gasteiger partial charge < -0.3 is 15.0 Å². The molecule has 0 aliphatic rings. The Balaban J connectivity index is 1.89. The normalized spacial score (nSPS) is 11.5. The largest absolute Gasteiger partial charge is 0.484 e. The van der Waals surface area contributed by atoms with Crippen molar-refractivity contribution in [1.29, 1.82) is 0 Å². The van der Waals surface area contributed by atoms with E-state index < -0.39 is 6.04 Å². The molecule has 0 aromatic heterocycles. The Labute approximate surface area is 213 Å². The molecule has 0 aliphatic carbocycles. The van der Waals surface area contributed by atoms with Gasteiger partial charge in [0.2, 0.25) is 5.91 Å². The van der Waals surface area contributed by atoms with E-state index in [-0.39, 0.29) is 18.4 Å². The van der Waals surface area contributed by atoms with Gasteiger partial charge in [0.15, 0.2) is 6.61 Å². The van der Waals surface area contributed by atoms with Crippen molar-refractivity contribution < 1.29 is 14.3 Å². The third kappa shape index (κ3) is 8.15. The monoisotopic (exact) mass is 492 g/mol. The molecular formula is C29H33ClN2O3. The van der Waals surface area contributed by atoms with Crippen molar-refractivity contribution in [3.05, 3.63) is 101 Å². The number of nitrogens with zero attached hydrogens (tertiary/aromatic N) is 1. The third-order valence-electron chi connectivity index (χ3n) is 5.86. The summed E-state index contributed by atoms with van der Waals surface area (Å²) in [7, 11) is 0. The molecule has 0 unspecified atom stereocenters. The molecule has 0 spiro atoms. The quantitative estimate of drug-likeness (QED) is 0.335. The predicted octanol–water partition coefficient (Wildman–Crippen LogP) is 5.58. The molecule has 1 atom stereocenters. The van der Waals surface area contributed by atoms with Crippen LogP contribution in [-0.4, -0.2) is 35.9 Å². The summed E-state index contributed by atoms with van der Waals surface area (Å²) in [5.74, 6) is 0.0838. The fourth-order valence-corrected chi connectivity index (χ4v) is 4.00. The van der Waals surface area contributed by atoms with Crippen LogP contribution in [0.3, 0.4) is 0 Å². The highest BCUT2D eigenvalue weighted by molar-refractivity contribution is 6.30. The number of amides is 2. The van der Waals surface area contributed by atoms with Gasteiger partial charge in [-0.3, -0.25) is 9.59 Å². The van der Waals surface area contributed by atoms with E-state index in [1.807, 2.05) is 61.5 Å². The van der Waals surface area contributed by atoms with Gasteiger partial charge in [0.1, 0.15) is 11.8 Å². The van der Waals surface area contributed by atoms with Crippen molar-refractivity contribution in [1.82, 2.24) is 10.2 Å². The van der Waals surface area contributed by atoms with Gasteiger partial charge in [0.25, 0.3) is 5.91 Å². The highest BCUT2D eigenvalue weighted by Crippen LogP contribution is 2.20. The van der Waals surface area contributed by atoms with Crippen LogP contribution in [0.15, 0.2) is 78.9 Å². The third-order valence-corrected chi connectivity index (χ3v) is 6.10. The zero-order valence-corrected chi connectivity index (χ0v) is 21.1. The summed E-state index contributed by atoms with van der Waals surface area (Å²) < 4.78 is 5.77. The molecule has 0 heterocycles. The minimum atomic E-state index is -0.677. The Hall–Kier alpha value is -3.31. The first-order valence-electron chi connectivity index (χ1n) is 12.0. The van der Waals surface area contributed by atoms with E-state index in [0.29, 0.717) is 30.3 Å². The highest BCUT2D eigenvalue weighted by Gasteiger charge is 2.30. The van der Waals surface area contributed by atoms with Gasteiger partial charge in [-0.25, -0.2) is 0 Å². The first-order valence-corrected chi connectivity index (χ1v) is 12.4. The highest BCUT2D eigenvalue weighted by atomic mass is 35.5. The first kappa shape index (κ1) is 26.3. The van der Waals surface area contributed by atoms with Crippen LogP contribution in [-0.2, 0) is 22.6 Å². The molecule has 1 N–H and O–H groups in total. The van der Waals surface area contributed by atoms with Gasteiger partial charge >= 0.3 is 0 Å².